The Labute approximate surface area is 270 Å². The van der Waals surface area contributed by atoms with Gasteiger partial charge in [-0.05, 0) is 66.3 Å². The SMILES string of the molecule is CC.CC.CC.O=C(O)C[C@H]1CC[C@@H](OC(=O)c2ccc(-c3ccccc3)cc2)C1/C=C/C(=O)COc1cccc(C(F)(F)F)c1. The summed E-state index contributed by atoms with van der Waals surface area (Å²) in [5.74, 6) is -3.08. The van der Waals surface area contributed by atoms with Crippen molar-refractivity contribution in [2.75, 3.05) is 6.61 Å². The van der Waals surface area contributed by atoms with Crippen LogP contribution in [0.15, 0.2) is 91.0 Å². The number of carboxylic acids is 1. The van der Waals surface area contributed by atoms with Gasteiger partial charge in [-0.3, -0.25) is 9.59 Å². The van der Waals surface area contributed by atoms with Crippen molar-refractivity contribution in [1.82, 2.24) is 0 Å². The van der Waals surface area contributed by atoms with Crippen LogP contribution in [0.25, 0.3) is 11.1 Å². The number of carbonyl (C=O) groups is 3. The van der Waals surface area contributed by atoms with Crippen LogP contribution < -0.4 is 4.74 Å². The van der Waals surface area contributed by atoms with Gasteiger partial charge < -0.3 is 14.6 Å². The standard InChI is InChI=1S/C31H27F3O6.3C2H6/c32-31(33,34)24-7-4-8-26(18-24)39-19-25(35)14-15-27-23(17-29(36)37)13-16-28(27)40-30(38)22-11-9-21(10-12-22)20-5-2-1-3-6-20;3*1-2/h1-12,14-15,18,23,27-28H,13,16-17,19H2,(H,36,37);3*1-2H3/b15-14+;;;/t23-,27?,28-;;;/m1.../s1. The molecule has 4 rings (SSSR count). The van der Waals surface area contributed by atoms with Crippen LogP contribution in [0.3, 0.4) is 0 Å². The van der Waals surface area contributed by atoms with Gasteiger partial charge in [0.2, 0.25) is 0 Å². The van der Waals surface area contributed by atoms with E-state index in [9.17, 15) is 32.7 Å². The highest BCUT2D eigenvalue weighted by Gasteiger charge is 2.38. The molecule has 0 aliphatic heterocycles. The highest BCUT2D eigenvalue weighted by molar-refractivity contribution is 5.91. The number of alkyl halides is 3. The molecule has 250 valence electrons. The van der Waals surface area contributed by atoms with Crippen molar-refractivity contribution in [3.8, 4) is 16.9 Å². The van der Waals surface area contributed by atoms with E-state index in [4.69, 9.17) is 9.47 Å². The lowest BCUT2D eigenvalue weighted by atomic mass is 9.91. The van der Waals surface area contributed by atoms with Gasteiger partial charge >= 0.3 is 18.1 Å². The molecule has 0 bridgehead atoms. The van der Waals surface area contributed by atoms with E-state index in [1.807, 2.05) is 84.0 Å². The van der Waals surface area contributed by atoms with Crippen molar-refractivity contribution in [1.29, 1.82) is 0 Å². The molecule has 0 heterocycles. The van der Waals surface area contributed by atoms with Gasteiger partial charge in [-0.25, -0.2) is 4.79 Å². The molecule has 3 aromatic rings. The fourth-order valence-electron chi connectivity index (χ4n) is 4.77. The van der Waals surface area contributed by atoms with Crippen molar-refractivity contribution < 1.29 is 42.1 Å². The summed E-state index contributed by atoms with van der Waals surface area (Å²) in [5.41, 5.74) is 1.39. The Kier molecular flexibility index (Phi) is 17.7. The average molecular weight is 643 g/mol. The lowest BCUT2D eigenvalue weighted by Crippen LogP contribution is -2.25. The average Bonchev–Trinajstić information content (AvgIpc) is 3.45. The lowest BCUT2D eigenvalue weighted by Gasteiger charge is -2.21. The maximum Gasteiger partial charge on any atom is 0.416 e. The maximum atomic E-state index is 12.9. The number of rotatable bonds is 10. The smallest absolute Gasteiger partial charge is 0.416 e. The molecule has 46 heavy (non-hydrogen) atoms. The number of ether oxygens (including phenoxy) is 2. The number of hydrogen-bond donors (Lipinski definition) is 1. The van der Waals surface area contributed by atoms with Crippen LogP contribution >= 0.6 is 0 Å². The minimum atomic E-state index is -4.54. The summed E-state index contributed by atoms with van der Waals surface area (Å²) in [5, 5.41) is 9.33. The number of aliphatic carboxylic acids is 1. The summed E-state index contributed by atoms with van der Waals surface area (Å²) in [4.78, 5) is 36.7. The molecular weight excluding hydrogens is 597 g/mol. The van der Waals surface area contributed by atoms with Crippen LogP contribution in [0.1, 0.15) is 76.7 Å². The number of esters is 1. The van der Waals surface area contributed by atoms with Crippen molar-refractivity contribution in [2.45, 2.75) is 73.1 Å². The summed E-state index contributed by atoms with van der Waals surface area (Å²) in [6.45, 7) is 11.5. The van der Waals surface area contributed by atoms with Crippen LogP contribution in [0.4, 0.5) is 13.2 Å². The normalized spacial score (nSPS) is 16.8. The highest BCUT2D eigenvalue weighted by Crippen LogP contribution is 2.38. The van der Waals surface area contributed by atoms with Gasteiger partial charge in [-0.15, -0.1) is 0 Å². The van der Waals surface area contributed by atoms with Crippen molar-refractivity contribution in [3.05, 3.63) is 102 Å². The largest absolute Gasteiger partial charge is 0.485 e. The van der Waals surface area contributed by atoms with E-state index in [0.29, 0.717) is 18.4 Å². The van der Waals surface area contributed by atoms with Gasteiger partial charge in [0.1, 0.15) is 11.9 Å². The van der Waals surface area contributed by atoms with Crippen LogP contribution in [0.5, 0.6) is 5.75 Å². The molecule has 1 N–H and O–H groups in total. The maximum absolute atomic E-state index is 12.9. The van der Waals surface area contributed by atoms with Crippen molar-refractivity contribution in [3.63, 3.8) is 0 Å². The van der Waals surface area contributed by atoms with E-state index in [0.717, 1.165) is 23.3 Å². The Balaban J connectivity index is 0.00000166. The zero-order chi connectivity index (χ0) is 34.7. The van der Waals surface area contributed by atoms with Gasteiger partial charge in [0.15, 0.2) is 12.4 Å². The summed E-state index contributed by atoms with van der Waals surface area (Å²) in [7, 11) is 0. The Hall–Kier alpha value is -4.40. The molecule has 1 aliphatic carbocycles. The van der Waals surface area contributed by atoms with Gasteiger partial charge in [-0.2, -0.15) is 13.2 Å². The molecule has 6 nitrogen and oxygen atoms in total. The molecule has 3 atom stereocenters. The second kappa shape index (κ2) is 20.6. The first kappa shape index (κ1) is 39.6. The molecular formula is C37H45F3O6. The van der Waals surface area contributed by atoms with Gasteiger partial charge in [0.25, 0.3) is 0 Å². The Morgan fingerprint density at radius 1 is 0.826 bits per heavy atom. The molecule has 9 heteroatoms. The van der Waals surface area contributed by atoms with Crippen molar-refractivity contribution >= 4 is 17.7 Å². The Bertz CT molecular complexity index is 1370. The molecule has 1 aliphatic rings. The third-order valence-corrected chi connectivity index (χ3v) is 6.77. The number of ketones is 1. The van der Waals surface area contributed by atoms with Gasteiger partial charge in [0.05, 0.1) is 11.1 Å². The monoisotopic (exact) mass is 642 g/mol. The molecule has 1 saturated carbocycles. The van der Waals surface area contributed by atoms with Crippen LogP contribution in [0.2, 0.25) is 0 Å². The quantitative estimate of drug-likeness (QED) is 0.175. The summed E-state index contributed by atoms with van der Waals surface area (Å²) < 4.78 is 49.7. The van der Waals surface area contributed by atoms with Crippen LogP contribution in [-0.4, -0.2) is 35.5 Å². The van der Waals surface area contributed by atoms with E-state index in [1.54, 1.807) is 12.1 Å². The first-order chi connectivity index (χ1) is 22.1. The minimum absolute atomic E-state index is 0.105. The highest BCUT2D eigenvalue weighted by atomic mass is 19.4. The van der Waals surface area contributed by atoms with Crippen LogP contribution in [-0.2, 0) is 20.5 Å². The lowest BCUT2D eigenvalue weighted by molar-refractivity contribution is -0.139. The van der Waals surface area contributed by atoms with E-state index >= 15 is 0 Å². The minimum Gasteiger partial charge on any atom is -0.485 e. The molecule has 0 aromatic heterocycles. The second-order valence-electron chi connectivity index (χ2n) is 9.54. The summed E-state index contributed by atoms with van der Waals surface area (Å²) in [6, 6.07) is 20.8. The first-order valence-corrected chi connectivity index (χ1v) is 15.7. The second-order valence-corrected chi connectivity index (χ2v) is 9.54. The molecule has 3 aromatic carbocycles. The third-order valence-electron chi connectivity index (χ3n) is 6.77. The predicted molar refractivity (Wildman–Crippen MR) is 175 cm³/mol. The summed E-state index contributed by atoms with van der Waals surface area (Å²) >= 11 is 0. The van der Waals surface area contributed by atoms with E-state index < -0.39 is 48.1 Å². The van der Waals surface area contributed by atoms with Crippen LogP contribution in [0, 0.1) is 11.8 Å². The van der Waals surface area contributed by atoms with Gasteiger partial charge in [0, 0.05) is 12.3 Å². The number of carboxylic acid groups (broad SMARTS) is 1. The molecule has 1 fully saturated rings. The Morgan fingerprint density at radius 3 is 2.02 bits per heavy atom. The zero-order valence-electron chi connectivity index (χ0n) is 27.3. The van der Waals surface area contributed by atoms with Gasteiger partial charge in [-0.1, -0.05) is 96.1 Å². The number of carbonyl (C=O) groups excluding carboxylic acids is 2. The number of hydrogen-bond acceptors (Lipinski definition) is 5. The Morgan fingerprint density at radius 2 is 1.43 bits per heavy atom. The summed E-state index contributed by atoms with van der Waals surface area (Å²) in [6.07, 6.45) is -1.72. The number of halogens is 3. The molecule has 0 radical (unpaired) electrons. The fraction of sp³-hybridized carbons (Fsp3) is 0.378. The van der Waals surface area contributed by atoms with Crippen molar-refractivity contribution in [2.24, 2.45) is 11.8 Å². The molecule has 0 amide bonds. The van der Waals surface area contributed by atoms with E-state index in [1.165, 1.54) is 24.3 Å². The number of benzene rings is 3. The third kappa shape index (κ3) is 12.5. The molecule has 1 unspecified atom stereocenters. The topological polar surface area (TPSA) is 89.9 Å². The predicted octanol–water partition coefficient (Wildman–Crippen LogP) is 9.68. The van der Waals surface area contributed by atoms with E-state index in [2.05, 4.69) is 0 Å². The fourth-order valence-corrected chi connectivity index (χ4v) is 4.77. The first-order valence-electron chi connectivity index (χ1n) is 15.7. The molecule has 0 spiro atoms. The van der Waals surface area contributed by atoms with E-state index in [-0.39, 0.29) is 18.1 Å². The molecule has 0 saturated heterocycles. The zero-order valence-corrected chi connectivity index (χ0v) is 27.3.